The molecule has 5 heteroatoms. The zero-order valence-corrected chi connectivity index (χ0v) is 11.5. The smallest absolute Gasteiger partial charge is 0.234 e. The molecule has 0 aliphatic carbocycles. The van der Waals surface area contributed by atoms with Gasteiger partial charge in [0.25, 0.3) is 0 Å². The normalized spacial score (nSPS) is 19.8. The summed E-state index contributed by atoms with van der Waals surface area (Å²) in [5, 5.41) is 12.2. The summed E-state index contributed by atoms with van der Waals surface area (Å²) < 4.78 is 0. The number of hydrogen-bond acceptors (Lipinski definition) is 4. The lowest BCUT2D eigenvalue weighted by atomic mass is 10.0. The minimum atomic E-state index is -0.395. The zero-order chi connectivity index (χ0) is 13.7. The fraction of sp³-hybridized carbons (Fsp3) is 0.846. The average molecular weight is 256 g/mol. The largest absolute Gasteiger partial charge is 0.393 e. The molecule has 104 valence electrons. The number of carbonyl (C=O) groups is 2. The van der Waals surface area contributed by atoms with Gasteiger partial charge in [-0.25, -0.2) is 0 Å². The van der Waals surface area contributed by atoms with E-state index < -0.39 is 6.04 Å². The molecule has 1 amide bonds. The predicted octanol–water partition coefficient (Wildman–Crippen LogP) is 0.173. The Hall–Kier alpha value is -0.940. The maximum absolute atomic E-state index is 11.8. The first kappa shape index (κ1) is 15.1. The SMILES string of the molecule is CC(=O)C(NC(=O)CN1CCC(O)CC1)C(C)C. The summed E-state index contributed by atoms with van der Waals surface area (Å²) in [5.41, 5.74) is 0. The van der Waals surface area contributed by atoms with Crippen molar-refractivity contribution in [1.29, 1.82) is 0 Å². The fourth-order valence-corrected chi connectivity index (χ4v) is 2.24. The number of carbonyl (C=O) groups excluding carboxylic acids is 2. The Labute approximate surface area is 109 Å². The van der Waals surface area contributed by atoms with Crippen molar-refractivity contribution in [2.24, 2.45) is 5.92 Å². The average Bonchev–Trinajstić information content (AvgIpc) is 2.28. The number of aliphatic hydroxyl groups excluding tert-OH is 1. The first-order valence-corrected chi connectivity index (χ1v) is 6.60. The highest BCUT2D eigenvalue weighted by Crippen LogP contribution is 2.09. The number of piperidine rings is 1. The van der Waals surface area contributed by atoms with Gasteiger partial charge in [0, 0.05) is 13.1 Å². The van der Waals surface area contributed by atoms with E-state index in [1.165, 1.54) is 6.92 Å². The van der Waals surface area contributed by atoms with E-state index in [0.29, 0.717) is 19.4 Å². The molecular formula is C13H24N2O3. The van der Waals surface area contributed by atoms with Crippen molar-refractivity contribution >= 4 is 11.7 Å². The molecule has 0 aromatic rings. The van der Waals surface area contributed by atoms with Gasteiger partial charge in [-0.15, -0.1) is 0 Å². The van der Waals surface area contributed by atoms with E-state index in [9.17, 15) is 14.7 Å². The van der Waals surface area contributed by atoms with Crippen LogP contribution in [-0.4, -0.2) is 53.5 Å². The topological polar surface area (TPSA) is 69.6 Å². The molecule has 1 fully saturated rings. The molecule has 0 bridgehead atoms. The summed E-state index contributed by atoms with van der Waals surface area (Å²) in [6.45, 7) is 7.13. The van der Waals surface area contributed by atoms with Crippen LogP contribution < -0.4 is 5.32 Å². The molecule has 1 rings (SSSR count). The third kappa shape index (κ3) is 4.74. The Balaban J connectivity index is 2.38. The molecule has 0 aromatic heterocycles. The van der Waals surface area contributed by atoms with Gasteiger partial charge in [0.1, 0.15) is 0 Å². The molecule has 2 N–H and O–H groups in total. The summed E-state index contributed by atoms with van der Waals surface area (Å²) in [6, 6.07) is -0.395. The number of amides is 1. The van der Waals surface area contributed by atoms with Gasteiger partial charge in [-0.1, -0.05) is 13.8 Å². The minimum Gasteiger partial charge on any atom is -0.393 e. The first-order chi connectivity index (χ1) is 8.40. The molecular weight excluding hydrogens is 232 g/mol. The molecule has 0 aromatic carbocycles. The van der Waals surface area contributed by atoms with Crippen LogP contribution in [0.5, 0.6) is 0 Å². The van der Waals surface area contributed by atoms with Crippen molar-refractivity contribution in [1.82, 2.24) is 10.2 Å². The second-order valence-corrected chi connectivity index (χ2v) is 5.41. The van der Waals surface area contributed by atoms with Gasteiger partial charge >= 0.3 is 0 Å². The van der Waals surface area contributed by atoms with E-state index >= 15 is 0 Å². The summed E-state index contributed by atoms with van der Waals surface area (Å²) in [4.78, 5) is 25.3. The van der Waals surface area contributed by atoms with Crippen LogP contribution in [-0.2, 0) is 9.59 Å². The molecule has 0 spiro atoms. The highest BCUT2D eigenvalue weighted by molar-refractivity contribution is 5.88. The molecule has 0 radical (unpaired) electrons. The molecule has 1 aliphatic rings. The first-order valence-electron chi connectivity index (χ1n) is 6.60. The van der Waals surface area contributed by atoms with E-state index in [2.05, 4.69) is 5.32 Å². The standard InChI is InChI=1S/C13H24N2O3/c1-9(2)13(10(3)16)14-12(18)8-15-6-4-11(17)5-7-15/h9,11,13,17H,4-8H2,1-3H3,(H,14,18). The second-order valence-electron chi connectivity index (χ2n) is 5.41. The highest BCUT2D eigenvalue weighted by atomic mass is 16.3. The highest BCUT2D eigenvalue weighted by Gasteiger charge is 2.23. The predicted molar refractivity (Wildman–Crippen MR) is 69.1 cm³/mol. The maximum atomic E-state index is 11.8. The summed E-state index contributed by atoms with van der Waals surface area (Å²) in [5.74, 6) is -0.0117. The number of hydrogen-bond donors (Lipinski definition) is 2. The lowest BCUT2D eigenvalue weighted by Gasteiger charge is -2.29. The zero-order valence-electron chi connectivity index (χ0n) is 11.5. The van der Waals surface area contributed by atoms with Crippen LogP contribution in [0.2, 0.25) is 0 Å². The Morgan fingerprint density at radius 3 is 2.33 bits per heavy atom. The Morgan fingerprint density at radius 2 is 1.89 bits per heavy atom. The Bertz CT molecular complexity index is 297. The van der Waals surface area contributed by atoms with Gasteiger partial charge in [0.15, 0.2) is 5.78 Å². The van der Waals surface area contributed by atoms with Crippen LogP contribution in [0, 0.1) is 5.92 Å². The Morgan fingerprint density at radius 1 is 1.33 bits per heavy atom. The molecule has 1 heterocycles. The van der Waals surface area contributed by atoms with Gasteiger partial charge in [0.05, 0.1) is 18.7 Å². The number of ketones is 1. The lowest BCUT2D eigenvalue weighted by Crippen LogP contribution is -2.48. The van der Waals surface area contributed by atoms with E-state index in [-0.39, 0.29) is 23.7 Å². The molecule has 0 saturated carbocycles. The van der Waals surface area contributed by atoms with Gasteiger partial charge in [-0.2, -0.15) is 0 Å². The van der Waals surface area contributed by atoms with Crippen LogP contribution in [0.1, 0.15) is 33.6 Å². The molecule has 1 unspecified atom stereocenters. The van der Waals surface area contributed by atoms with E-state index in [1.807, 2.05) is 18.7 Å². The van der Waals surface area contributed by atoms with Crippen molar-refractivity contribution in [2.45, 2.75) is 45.8 Å². The van der Waals surface area contributed by atoms with Gasteiger partial charge in [-0.05, 0) is 25.7 Å². The van der Waals surface area contributed by atoms with Crippen LogP contribution in [0.15, 0.2) is 0 Å². The van der Waals surface area contributed by atoms with Gasteiger partial charge in [-0.3, -0.25) is 14.5 Å². The summed E-state index contributed by atoms with van der Waals surface area (Å²) in [6.07, 6.45) is 1.20. The molecule has 1 aliphatic heterocycles. The number of aliphatic hydroxyl groups is 1. The minimum absolute atomic E-state index is 0.00702. The quantitative estimate of drug-likeness (QED) is 0.736. The van der Waals surface area contributed by atoms with E-state index in [0.717, 1.165) is 13.1 Å². The van der Waals surface area contributed by atoms with Gasteiger partial charge < -0.3 is 10.4 Å². The fourth-order valence-electron chi connectivity index (χ4n) is 2.24. The second kappa shape index (κ2) is 6.85. The van der Waals surface area contributed by atoms with Crippen molar-refractivity contribution in [3.8, 4) is 0 Å². The number of likely N-dealkylation sites (tertiary alicyclic amines) is 1. The van der Waals surface area contributed by atoms with E-state index in [4.69, 9.17) is 0 Å². The molecule has 1 atom stereocenters. The van der Waals surface area contributed by atoms with Crippen molar-refractivity contribution in [3.05, 3.63) is 0 Å². The number of nitrogens with zero attached hydrogens (tertiary/aromatic N) is 1. The van der Waals surface area contributed by atoms with Crippen molar-refractivity contribution in [2.75, 3.05) is 19.6 Å². The number of Topliss-reactive ketones (excluding diaryl/α,β-unsaturated/α-hetero) is 1. The van der Waals surface area contributed by atoms with Crippen LogP contribution >= 0.6 is 0 Å². The number of nitrogens with one attached hydrogen (secondary N) is 1. The lowest BCUT2D eigenvalue weighted by molar-refractivity contribution is -0.128. The Kier molecular flexibility index (Phi) is 5.75. The van der Waals surface area contributed by atoms with Crippen molar-refractivity contribution in [3.63, 3.8) is 0 Å². The molecule has 1 saturated heterocycles. The summed E-state index contributed by atoms with van der Waals surface area (Å²) >= 11 is 0. The van der Waals surface area contributed by atoms with Crippen molar-refractivity contribution < 1.29 is 14.7 Å². The third-order valence-corrected chi connectivity index (χ3v) is 3.35. The third-order valence-electron chi connectivity index (χ3n) is 3.35. The van der Waals surface area contributed by atoms with Gasteiger partial charge in [0.2, 0.25) is 5.91 Å². The molecule has 18 heavy (non-hydrogen) atoms. The summed E-state index contributed by atoms with van der Waals surface area (Å²) in [7, 11) is 0. The van der Waals surface area contributed by atoms with E-state index in [1.54, 1.807) is 0 Å². The number of rotatable bonds is 5. The monoisotopic (exact) mass is 256 g/mol. The van der Waals surface area contributed by atoms with Crippen LogP contribution in [0.4, 0.5) is 0 Å². The van der Waals surface area contributed by atoms with Crippen LogP contribution in [0.3, 0.4) is 0 Å². The maximum Gasteiger partial charge on any atom is 0.234 e. The molecule has 5 nitrogen and oxygen atoms in total. The van der Waals surface area contributed by atoms with Crippen LogP contribution in [0.25, 0.3) is 0 Å².